The summed E-state index contributed by atoms with van der Waals surface area (Å²) in [6, 6.07) is 0. The summed E-state index contributed by atoms with van der Waals surface area (Å²) in [5.41, 5.74) is 0. The Kier molecular flexibility index (Phi) is 2.77. The molecule has 0 aliphatic heterocycles. The van der Waals surface area contributed by atoms with E-state index in [0.29, 0.717) is 0 Å². The van der Waals surface area contributed by atoms with E-state index in [9.17, 15) is 8.78 Å². The highest BCUT2D eigenvalue weighted by Gasteiger charge is 1.93. The van der Waals surface area contributed by atoms with Crippen LogP contribution < -0.4 is 0 Å². The van der Waals surface area contributed by atoms with E-state index in [1.54, 1.807) is 0 Å². The van der Waals surface area contributed by atoms with E-state index in [0.717, 1.165) is 12.2 Å². The molecule has 0 rings (SSSR count). The van der Waals surface area contributed by atoms with Crippen LogP contribution in [0.5, 0.6) is 0 Å². The lowest BCUT2D eigenvalue weighted by Gasteiger charge is -1.83. The molecule has 0 unspecified atom stereocenters. The molecule has 0 amide bonds. The van der Waals surface area contributed by atoms with Gasteiger partial charge >= 0.3 is 0 Å². The first-order valence-corrected chi connectivity index (χ1v) is 2.01. The minimum absolute atomic E-state index is 0.905. The number of hydrogen-bond acceptors (Lipinski definition) is 0. The van der Waals surface area contributed by atoms with Crippen molar-refractivity contribution in [3.8, 4) is 0 Å². The maximum absolute atomic E-state index is 11.8. The van der Waals surface area contributed by atoms with Crippen LogP contribution in [0.15, 0.2) is 37.0 Å². The molecule has 0 bridgehead atoms. The van der Waals surface area contributed by atoms with Gasteiger partial charge in [-0.05, 0) is 6.08 Å². The second kappa shape index (κ2) is 3.13. The van der Waals surface area contributed by atoms with E-state index in [2.05, 4.69) is 13.2 Å². The first kappa shape index (κ1) is 7.08. The average Bonchev–Trinajstić information content (AvgIpc) is 1.67. The van der Waals surface area contributed by atoms with Crippen molar-refractivity contribution in [1.29, 1.82) is 0 Å². The lowest BCUT2D eigenvalue weighted by Crippen LogP contribution is -1.67. The van der Waals surface area contributed by atoms with Crippen molar-refractivity contribution < 1.29 is 8.78 Å². The monoisotopic (exact) mass is 116 g/mol. The van der Waals surface area contributed by atoms with Gasteiger partial charge in [-0.3, -0.25) is 0 Å². The number of halogens is 2. The molecule has 0 saturated carbocycles. The smallest absolute Gasteiger partial charge is 0.158 e. The zero-order valence-electron chi connectivity index (χ0n) is 4.32. The van der Waals surface area contributed by atoms with Gasteiger partial charge in [0.25, 0.3) is 0 Å². The summed E-state index contributed by atoms with van der Waals surface area (Å²) in [7, 11) is 0. The zero-order valence-corrected chi connectivity index (χ0v) is 4.32. The second-order valence-electron chi connectivity index (χ2n) is 1.16. The standard InChI is InChI=1S/C6H6F2/c1-3-4-6(8)5(2)7/h3-4H,1-2H2. The molecule has 2 heteroatoms. The molecule has 0 aliphatic rings. The van der Waals surface area contributed by atoms with Crippen molar-refractivity contribution in [2.45, 2.75) is 0 Å². The minimum Gasteiger partial charge on any atom is -0.204 e. The molecule has 0 nitrogen and oxygen atoms in total. The van der Waals surface area contributed by atoms with Crippen LogP contribution >= 0.6 is 0 Å². The molecular formula is C6H6F2. The predicted molar refractivity (Wildman–Crippen MR) is 29.6 cm³/mol. The summed E-state index contributed by atoms with van der Waals surface area (Å²) in [5.74, 6) is -2.04. The molecule has 0 atom stereocenters. The van der Waals surface area contributed by atoms with Crippen LogP contribution in [-0.4, -0.2) is 0 Å². The Morgan fingerprint density at radius 1 is 1.38 bits per heavy atom. The largest absolute Gasteiger partial charge is 0.204 e. The molecule has 0 heterocycles. The average molecular weight is 116 g/mol. The van der Waals surface area contributed by atoms with Gasteiger partial charge in [-0.15, -0.1) is 0 Å². The third kappa shape index (κ3) is 2.29. The van der Waals surface area contributed by atoms with Crippen molar-refractivity contribution in [3.05, 3.63) is 37.0 Å². The predicted octanol–water partition coefficient (Wildman–Crippen LogP) is 2.51. The van der Waals surface area contributed by atoms with Crippen LogP contribution in [-0.2, 0) is 0 Å². The lowest BCUT2D eigenvalue weighted by molar-refractivity contribution is 0.548. The lowest BCUT2D eigenvalue weighted by atomic mass is 10.4. The molecule has 0 spiro atoms. The van der Waals surface area contributed by atoms with Crippen molar-refractivity contribution in [3.63, 3.8) is 0 Å². The first-order chi connectivity index (χ1) is 3.68. The maximum Gasteiger partial charge on any atom is 0.158 e. The van der Waals surface area contributed by atoms with Crippen molar-refractivity contribution in [1.82, 2.24) is 0 Å². The van der Waals surface area contributed by atoms with Crippen LogP contribution in [0.3, 0.4) is 0 Å². The fourth-order valence-corrected chi connectivity index (χ4v) is 0.194. The molecule has 0 saturated heterocycles. The summed E-state index contributed by atoms with van der Waals surface area (Å²) < 4.78 is 23.4. The molecular weight excluding hydrogens is 110 g/mol. The fourth-order valence-electron chi connectivity index (χ4n) is 0.194. The molecule has 44 valence electrons. The fraction of sp³-hybridized carbons (Fsp3) is 0. The van der Waals surface area contributed by atoms with Gasteiger partial charge < -0.3 is 0 Å². The van der Waals surface area contributed by atoms with E-state index in [4.69, 9.17) is 0 Å². The SMILES string of the molecule is C=CC=C(F)C(=C)F. The quantitative estimate of drug-likeness (QED) is 0.486. The Labute approximate surface area is 46.8 Å². The van der Waals surface area contributed by atoms with Gasteiger partial charge in [0.1, 0.15) is 0 Å². The maximum atomic E-state index is 11.8. The van der Waals surface area contributed by atoms with Crippen LogP contribution in [0.25, 0.3) is 0 Å². The Bertz CT molecular complexity index is 133. The van der Waals surface area contributed by atoms with Gasteiger partial charge in [-0.25, -0.2) is 8.78 Å². The zero-order chi connectivity index (χ0) is 6.57. The minimum atomic E-state index is -1.06. The highest BCUT2D eigenvalue weighted by Crippen LogP contribution is 2.08. The molecule has 0 fully saturated rings. The van der Waals surface area contributed by atoms with E-state index in [-0.39, 0.29) is 0 Å². The van der Waals surface area contributed by atoms with Crippen LogP contribution in [0, 0.1) is 0 Å². The Hall–Kier alpha value is -0.920. The van der Waals surface area contributed by atoms with Crippen LogP contribution in [0.1, 0.15) is 0 Å². The van der Waals surface area contributed by atoms with Crippen LogP contribution in [0.2, 0.25) is 0 Å². The highest BCUT2D eigenvalue weighted by atomic mass is 19.2. The first-order valence-electron chi connectivity index (χ1n) is 2.01. The Balaban J connectivity index is 3.99. The Morgan fingerprint density at radius 2 is 1.88 bits per heavy atom. The second-order valence-corrected chi connectivity index (χ2v) is 1.16. The third-order valence-corrected chi connectivity index (χ3v) is 0.523. The van der Waals surface area contributed by atoms with Gasteiger partial charge in [0, 0.05) is 0 Å². The molecule has 0 aromatic heterocycles. The topological polar surface area (TPSA) is 0 Å². The number of allylic oxidation sites excluding steroid dienone is 4. The van der Waals surface area contributed by atoms with Gasteiger partial charge in [0.05, 0.1) is 0 Å². The number of rotatable bonds is 2. The van der Waals surface area contributed by atoms with Crippen molar-refractivity contribution in [2.75, 3.05) is 0 Å². The van der Waals surface area contributed by atoms with E-state index in [1.807, 2.05) is 0 Å². The summed E-state index contributed by atoms with van der Waals surface area (Å²) in [6.45, 7) is 5.87. The molecule has 0 radical (unpaired) electrons. The van der Waals surface area contributed by atoms with Gasteiger partial charge in [-0.1, -0.05) is 19.2 Å². The summed E-state index contributed by atoms with van der Waals surface area (Å²) in [5, 5.41) is 0. The van der Waals surface area contributed by atoms with E-state index in [1.165, 1.54) is 0 Å². The molecule has 0 aliphatic carbocycles. The van der Waals surface area contributed by atoms with Crippen molar-refractivity contribution >= 4 is 0 Å². The van der Waals surface area contributed by atoms with E-state index < -0.39 is 11.7 Å². The third-order valence-electron chi connectivity index (χ3n) is 0.523. The molecule has 0 aromatic carbocycles. The van der Waals surface area contributed by atoms with Crippen molar-refractivity contribution in [2.24, 2.45) is 0 Å². The molecule has 0 aromatic rings. The highest BCUT2D eigenvalue weighted by molar-refractivity contribution is 5.18. The summed E-state index contributed by atoms with van der Waals surface area (Å²) >= 11 is 0. The number of hydrogen-bond donors (Lipinski definition) is 0. The van der Waals surface area contributed by atoms with Gasteiger partial charge in [0.15, 0.2) is 11.7 Å². The van der Waals surface area contributed by atoms with E-state index >= 15 is 0 Å². The summed E-state index contributed by atoms with van der Waals surface area (Å²) in [6.07, 6.45) is 2.06. The molecule has 8 heavy (non-hydrogen) atoms. The van der Waals surface area contributed by atoms with Crippen LogP contribution in [0.4, 0.5) is 8.78 Å². The molecule has 0 N–H and O–H groups in total. The van der Waals surface area contributed by atoms with Gasteiger partial charge in [0.2, 0.25) is 0 Å². The Morgan fingerprint density at radius 3 is 2.00 bits per heavy atom. The van der Waals surface area contributed by atoms with Gasteiger partial charge in [-0.2, -0.15) is 0 Å². The normalized spacial score (nSPS) is 11.0. The summed E-state index contributed by atoms with van der Waals surface area (Å²) in [4.78, 5) is 0.